The third-order valence-electron chi connectivity index (χ3n) is 0.743. The molecule has 0 radical (unpaired) electrons. The van der Waals surface area contributed by atoms with Crippen LogP contribution in [0.2, 0.25) is 0 Å². The second-order valence-electron chi connectivity index (χ2n) is 1.46. The van der Waals surface area contributed by atoms with Crippen molar-refractivity contribution in [2.45, 2.75) is 19.8 Å². The summed E-state index contributed by atoms with van der Waals surface area (Å²) in [5, 5.41) is 7.99. The van der Waals surface area contributed by atoms with Crippen molar-refractivity contribution < 1.29 is 14.7 Å². The Labute approximate surface area is 64.2 Å². The van der Waals surface area contributed by atoms with E-state index in [0.717, 1.165) is 0 Å². The first-order valence-corrected chi connectivity index (χ1v) is 2.40. The predicted octanol–water partition coefficient (Wildman–Crippen LogP) is -0.744. The Bertz CT molecular complexity index is 111. The van der Waals surface area contributed by atoms with Gasteiger partial charge < -0.3 is 5.11 Å². The van der Waals surface area contributed by atoms with Crippen LogP contribution in [0.5, 0.6) is 0 Å². The number of carboxylic acids is 1. The Morgan fingerprint density at radius 1 is 1.44 bits per heavy atom. The van der Waals surface area contributed by atoms with Crippen LogP contribution in [0.25, 0.3) is 0 Å². The standard InChI is InChI=1S/C5H8O3.Al.3H/c1-2-4(6)3-5(7)8;;;;/h2-3H2,1H3,(H,7,8);;;;. The zero-order valence-corrected chi connectivity index (χ0v) is 4.68. The molecule has 0 saturated carbocycles. The molecule has 0 amide bonds. The lowest BCUT2D eigenvalue weighted by molar-refractivity contribution is -0.140. The molecule has 0 aliphatic heterocycles. The number of hydrogen-bond donors (Lipinski definition) is 1. The van der Waals surface area contributed by atoms with Gasteiger partial charge in [0.25, 0.3) is 0 Å². The molecule has 0 atom stereocenters. The molecule has 3 nitrogen and oxygen atoms in total. The van der Waals surface area contributed by atoms with E-state index in [1.54, 1.807) is 6.92 Å². The van der Waals surface area contributed by atoms with Crippen molar-refractivity contribution in [2.75, 3.05) is 0 Å². The summed E-state index contributed by atoms with van der Waals surface area (Å²) in [7, 11) is 0. The van der Waals surface area contributed by atoms with E-state index < -0.39 is 5.97 Å². The van der Waals surface area contributed by atoms with Crippen molar-refractivity contribution in [3.63, 3.8) is 0 Å². The highest BCUT2D eigenvalue weighted by Gasteiger charge is 2.02. The minimum absolute atomic E-state index is 0. The highest BCUT2D eigenvalue weighted by Crippen LogP contribution is 1.86. The molecular formula is C5H11AlO3. The summed E-state index contributed by atoms with van der Waals surface area (Å²) in [6.45, 7) is 1.64. The fraction of sp³-hybridized carbons (Fsp3) is 0.600. The molecular weight excluding hydrogens is 135 g/mol. The van der Waals surface area contributed by atoms with Crippen LogP contribution in [0.1, 0.15) is 19.8 Å². The number of Topliss-reactive ketones (excluding diaryl/α,β-unsaturated/α-hetero) is 1. The number of rotatable bonds is 3. The van der Waals surface area contributed by atoms with Crippen LogP contribution >= 0.6 is 0 Å². The minimum Gasteiger partial charge on any atom is -0.481 e. The molecule has 0 aliphatic rings. The molecule has 0 fully saturated rings. The quantitative estimate of drug-likeness (QED) is 0.421. The zero-order chi connectivity index (χ0) is 6.57. The fourth-order valence-electron chi connectivity index (χ4n) is 0.294. The first-order valence-electron chi connectivity index (χ1n) is 2.40. The molecule has 0 aromatic rings. The summed E-state index contributed by atoms with van der Waals surface area (Å²) in [6.07, 6.45) is -0.0250. The predicted molar refractivity (Wildman–Crippen MR) is 37.5 cm³/mol. The van der Waals surface area contributed by atoms with Gasteiger partial charge in [-0.3, -0.25) is 9.59 Å². The maximum absolute atomic E-state index is 10.2. The van der Waals surface area contributed by atoms with Gasteiger partial charge in [0.2, 0.25) is 0 Å². The Hall–Kier alpha value is -0.328. The molecule has 0 unspecified atom stereocenters. The molecule has 0 heterocycles. The SMILES string of the molecule is CCC(=O)CC(=O)O.[AlH3]. The van der Waals surface area contributed by atoms with Crippen molar-refractivity contribution >= 4 is 29.1 Å². The van der Waals surface area contributed by atoms with Gasteiger partial charge in [0.1, 0.15) is 12.2 Å². The Kier molecular flexibility index (Phi) is 7.39. The molecule has 9 heavy (non-hydrogen) atoms. The van der Waals surface area contributed by atoms with Gasteiger partial charge >= 0.3 is 5.97 Å². The third kappa shape index (κ3) is 7.67. The van der Waals surface area contributed by atoms with Gasteiger partial charge in [-0.1, -0.05) is 6.92 Å². The van der Waals surface area contributed by atoms with Crippen molar-refractivity contribution in [3.05, 3.63) is 0 Å². The first-order chi connectivity index (χ1) is 3.66. The van der Waals surface area contributed by atoms with Crippen molar-refractivity contribution in [3.8, 4) is 0 Å². The van der Waals surface area contributed by atoms with E-state index in [-0.39, 0.29) is 29.6 Å². The summed E-state index contributed by atoms with van der Waals surface area (Å²) < 4.78 is 0. The summed E-state index contributed by atoms with van der Waals surface area (Å²) in [5.41, 5.74) is 0. The lowest BCUT2D eigenvalue weighted by atomic mass is 10.2. The lowest BCUT2D eigenvalue weighted by Gasteiger charge is -1.86. The van der Waals surface area contributed by atoms with E-state index >= 15 is 0 Å². The highest BCUT2D eigenvalue weighted by molar-refractivity contribution is 5.94. The number of carboxylic acid groups (broad SMARTS) is 1. The van der Waals surface area contributed by atoms with E-state index in [4.69, 9.17) is 5.11 Å². The summed E-state index contributed by atoms with van der Waals surface area (Å²) in [6, 6.07) is 0. The van der Waals surface area contributed by atoms with Crippen LogP contribution in [0.15, 0.2) is 0 Å². The van der Waals surface area contributed by atoms with E-state index in [1.165, 1.54) is 0 Å². The Morgan fingerprint density at radius 2 is 1.89 bits per heavy atom. The molecule has 0 rings (SSSR count). The van der Waals surface area contributed by atoms with E-state index in [1.807, 2.05) is 0 Å². The number of ketones is 1. The fourth-order valence-corrected chi connectivity index (χ4v) is 0.294. The van der Waals surface area contributed by atoms with Gasteiger partial charge in [0.15, 0.2) is 17.4 Å². The second-order valence-corrected chi connectivity index (χ2v) is 1.46. The smallest absolute Gasteiger partial charge is 0.310 e. The average Bonchev–Trinajstić information content (AvgIpc) is 1.65. The van der Waals surface area contributed by atoms with Gasteiger partial charge in [-0.2, -0.15) is 0 Å². The lowest BCUT2D eigenvalue weighted by Crippen LogP contribution is -2.04. The van der Waals surface area contributed by atoms with Crippen LogP contribution in [0.3, 0.4) is 0 Å². The van der Waals surface area contributed by atoms with Gasteiger partial charge in [0.05, 0.1) is 0 Å². The van der Waals surface area contributed by atoms with Gasteiger partial charge in [0, 0.05) is 6.42 Å². The van der Waals surface area contributed by atoms with Crippen LogP contribution in [-0.2, 0) is 9.59 Å². The maximum Gasteiger partial charge on any atom is 0.310 e. The Morgan fingerprint density at radius 3 is 2.00 bits per heavy atom. The van der Waals surface area contributed by atoms with Crippen molar-refractivity contribution in [1.82, 2.24) is 0 Å². The van der Waals surface area contributed by atoms with Crippen molar-refractivity contribution in [1.29, 1.82) is 0 Å². The van der Waals surface area contributed by atoms with Crippen LogP contribution in [0, 0.1) is 0 Å². The largest absolute Gasteiger partial charge is 0.481 e. The normalized spacial score (nSPS) is 7.67. The second kappa shape index (κ2) is 5.80. The molecule has 4 heteroatoms. The molecule has 0 aromatic heterocycles. The van der Waals surface area contributed by atoms with Crippen LogP contribution in [-0.4, -0.2) is 34.2 Å². The maximum atomic E-state index is 10.2. The third-order valence-corrected chi connectivity index (χ3v) is 0.743. The average molecular weight is 146 g/mol. The Balaban J connectivity index is 0. The highest BCUT2D eigenvalue weighted by atomic mass is 27.0. The van der Waals surface area contributed by atoms with Crippen LogP contribution < -0.4 is 0 Å². The number of aliphatic carboxylic acids is 1. The molecule has 0 spiro atoms. The van der Waals surface area contributed by atoms with E-state index in [2.05, 4.69) is 0 Å². The summed E-state index contributed by atoms with van der Waals surface area (Å²) in [4.78, 5) is 20.0. The zero-order valence-electron chi connectivity index (χ0n) is 4.68. The van der Waals surface area contributed by atoms with E-state index in [9.17, 15) is 9.59 Å². The molecule has 0 bridgehead atoms. The van der Waals surface area contributed by atoms with Gasteiger partial charge in [-0.25, -0.2) is 0 Å². The molecule has 0 saturated heterocycles. The first kappa shape index (κ1) is 11.5. The number of hydrogen-bond acceptors (Lipinski definition) is 2. The topological polar surface area (TPSA) is 54.4 Å². The molecule has 1 N–H and O–H groups in total. The minimum atomic E-state index is -1.04. The monoisotopic (exact) mass is 146 g/mol. The molecule has 52 valence electrons. The van der Waals surface area contributed by atoms with Gasteiger partial charge in [-0.15, -0.1) is 0 Å². The van der Waals surface area contributed by atoms with Gasteiger partial charge in [-0.05, 0) is 0 Å². The van der Waals surface area contributed by atoms with Crippen LogP contribution in [0.4, 0.5) is 0 Å². The van der Waals surface area contributed by atoms with Crippen molar-refractivity contribution in [2.24, 2.45) is 0 Å². The number of carbonyl (C=O) groups excluding carboxylic acids is 1. The summed E-state index contributed by atoms with van der Waals surface area (Å²) >= 11 is 0. The van der Waals surface area contributed by atoms with E-state index in [0.29, 0.717) is 6.42 Å². The summed E-state index contributed by atoms with van der Waals surface area (Å²) in [5.74, 6) is -1.27. The molecule has 0 aromatic carbocycles. The molecule has 0 aliphatic carbocycles. The number of carbonyl (C=O) groups is 2.